The predicted octanol–water partition coefficient (Wildman–Crippen LogP) is 3.59. The van der Waals surface area contributed by atoms with Gasteiger partial charge in [-0.1, -0.05) is 24.3 Å². The van der Waals surface area contributed by atoms with Crippen molar-refractivity contribution in [2.24, 2.45) is 0 Å². The third kappa shape index (κ3) is 2.32. The Hall–Kier alpha value is -2.86. The molecule has 2 heterocycles. The number of aromatic nitrogens is 3. The van der Waals surface area contributed by atoms with E-state index in [0.717, 1.165) is 17.2 Å². The van der Waals surface area contributed by atoms with Gasteiger partial charge in [-0.25, -0.2) is 18.7 Å². The Morgan fingerprint density at radius 1 is 1.04 bits per heavy atom. The molecule has 120 valence electrons. The van der Waals surface area contributed by atoms with E-state index in [1.165, 1.54) is 12.4 Å². The molecule has 0 aliphatic carbocycles. The first kappa shape index (κ1) is 14.7. The quantitative estimate of drug-likeness (QED) is 0.605. The standard InChI is InChI=1S/C18H13F2N3O/c19-12-7-13(20)15-14(8-12)23-18-16(21-9-22-17(15)18)11-3-1-10(2-4-11)5-6-24/h1-4,7-9,23-24H,5-6H2. The summed E-state index contributed by atoms with van der Waals surface area (Å²) in [6.07, 6.45) is 1.95. The van der Waals surface area contributed by atoms with Gasteiger partial charge in [0.25, 0.3) is 0 Å². The van der Waals surface area contributed by atoms with E-state index < -0.39 is 11.6 Å². The van der Waals surface area contributed by atoms with Crippen molar-refractivity contribution in [1.29, 1.82) is 0 Å². The Balaban J connectivity index is 1.94. The molecule has 4 aromatic rings. The fraction of sp³-hybridized carbons (Fsp3) is 0.111. The summed E-state index contributed by atoms with van der Waals surface area (Å²) in [7, 11) is 0. The number of benzene rings is 2. The topological polar surface area (TPSA) is 61.8 Å². The van der Waals surface area contributed by atoms with Crippen molar-refractivity contribution in [1.82, 2.24) is 15.0 Å². The van der Waals surface area contributed by atoms with Gasteiger partial charge in [-0.15, -0.1) is 0 Å². The summed E-state index contributed by atoms with van der Waals surface area (Å²) >= 11 is 0. The summed E-state index contributed by atoms with van der Waals surface area (Å²) in [5.41, 5.74) is 3.79. The van der Waals surface area contributed by atoms with Gasteiger partial charge >= 0.3 is 0 Å². The maximum Gasteiger partial charge on any atom is 0.137 e. The molecule has 0 fully saturated rings. The van der Waals surface area contributed by atoms with Gasteiger partial charge in [0.15, 0.2) is 0 Å². The highest BCUT2D eigenvalue weighted by molar-refractivity contribution is 6.08. The SMILES string of the molecule is OCCc1ccc(-c2ncnc3c2[nH]c2cc(F)cc(F)c23)cc1. The van der Waals surface area contributed by atoms with Crippen molar-refractivity contribution in [2.75, 3.05) is 6.61 Å². The van der Waals surface area contributed by atoms with Gasteiger partial charge in [-0.2, -0.15) is 0 Å². The number of aliphatic hydroxyl groups is 1. The molecule has 0 amide bonds. The van der Waals surface area contributed by atoms with Crippen molar-refractivity contribution in [2.45, 2.75) is 6.42 Å². The van der Waals surface area contributed by atoms with E-state index in [1.54, 1.807) is 0 Å². The van der Waals surface area contributed by atoms with Crippen molar-refractivity contribution in [3.63, 3.8) is 0 Å². The third-order valence-corrected chi connectivity index (χ3v) is 4.03. The summed E-state index contributed by atoms with van der Waals surface area (Å²) in [6.45, 7) is 0.0873. The molecular formula is C18H13F2N3O. The predicted molar refractivity (Wildman–Crippen MR) is 87.5 cm³/mol. The first-order valence-electron chi connectivity index (χ1n) is 7.49. The maximum atomic E-state index is 14.1. The molecule has 0 saturated heterocycles. The highest BCUT2D eigenvalue weighted by Crippen LogP contribution is 2.32. The molecule has 0 aliphatic heterocycles. The second-order valence-electron chi connectivity index (χ2n) is 5.55. The van der Waals surface area contributed by atoms with Gasteiger partial charge in [0.05, 0.1) is 22.1 Å². The first-order chi connectivity index (χ1) is 11.7. The zero-order valence-corrected chi connectivity index (χ0v) is 12.6. The van der Waals surface area contributed by atoms with Gasteiger partial charge in [0.1, 0.15) is 23.5 Å². The minimum atomic E-state index is -0.654. The molecule has 24 heavy (non-hydrogen) atoms. The lowest BCUT2D eigenvalue weighted by Gasteiger charge is -2.04. The second kappa shape index (κ2) is 5.65. The van der Waals surface area contributed by atoms with Crippen LogP contribution in [0.2, 0.25) is 0 Å². The van der Waals surface area contributed by atoms with Crippen molar-refractivity contribution in [3.8, 4) is 11.3 Å². The van der Waals surface area contributed by atoms with Crippen LogP contribution in [0.5, 0.6) is 0 Å². The molecule has 4 rings (SSSR count). The maximum absolute atomic E-state index is 14.1. The molecule has 0 saturated carbocycles. The van der Waals surface area contributed by atoms with Gasteiger partial charge in [-0.3, -0.25) is 0 Å². The number of hydrogen-bond acceptors (Lipinski definition) is 3. The minimum absolute atomic E-state index is 0.0873. The molecule has 2 aromatic carbocycles. The largest absolute Gasteiger partial charge is 0.396 e. The van der Waals surface area contributed by atoms with E-state index in [4.69, 9.17) is 5.11 Å². The van der Waals surface area contributed by atoms with Gasteiger partial charge in [0.2, 0.25) is 0 Å². The molecule has 0 unspecified atom stereocenters. The van der Waals surface area contributed by atoms with E-state index in [2.05, 4.69) is 15.0 Å². The average molecular weight is 325 g/mol. The summed E-state index contributed by atoms with van der Waals surface area (Å²) in [4.78, 5) is 11.5. The normalized spacial score (nSPS) is 11.5. The van der Waals surface area contributed by atoms with Gasteiger partial charge in [0, 0.05) is 18.2 Å². The number of nitrogens with one attached hydrogen (secondary N) is 1. The second-order valence-corrected chi connectivity index (χ2v) is 5.55. The van der Waals surface area contributed by atoms with E-state index >= 15 is 0 Å². The number of aromatic amines is 1. The molecule has 0 spiro atoms. The van der Waals surface area contributed by atoms with Crippen LogP contribution in [0, 0.1) is 11.6 Å². The summed E-state index contributed by atoms with van der Waals surface area (Å²) in [6, 6.07) is 9.67. The van der Waals surface area contributed by atoms with Crippen LogP contribution in [0.3, 0.4) is 0 Å². The fourth-order valence-corrected chi connectivity index (χ4v) is 2.92. The smallest absolute Gasteiger partial charge is 0.137 e. The van der Waals surface area contributed by atoms with Crippen LogP contribution in [-0.2, 0) is 6.42 Å². The summed E-state index contributed by atoms with van der Waals surface area (Å²) < 4.78 is 27.6. The van der Waals surface area contributed by atoms with Crippen LogP contribution in [0.4, 0.5) is 8.78 Å². The first-order valence-corrected chi connectivity index (χ1v) is 7.49. The monoisotopic (exact) mass is 325 g/mol. The number of hydrogen-bond donors (Lipinski definition) is 2. The lowest BCUT2D eigenvalue weighted by molar-refractivity contribution is 0.299. The highest BCUT2D eigenvalue weighted by Gasteiger charge is 2.16. The number of fused-ring (bicyclic) bond motifs is 3. The Kier molecular flexibility index (Phi) is 3.46. The third-order valence-electron chi connectivity index (χ3n) is 4.03. The zero-order chi connectivity index (χ0) is 16.7. The van der Waals surface area contributed by atoms with Gasteiger partial charge in [-0.05, 0) is 18.1 Å². The molecular weight excluding hydrogens is 312 g/mol. The molecule has 2 aromatic heterocycles. The van der Waals surface area contributed by atoms with Crippen LogP contribution in [0.25, 0.3) is 33.2 Å². The fourth-order valence-electron chi connectivity index (χ4n) is 2.92. The minimum Gasteiger partial charge on any atom is -0.396 e. The van der Waals surface area contributed by atoms with Crippen molar-refractivity contribution >= 4 is 21.9 Å². The number of aliphatic hydroxyl groups excluding tert-OH is 1. The lowest BCUT2D eigenvalue weighted by atomic mass is 10.1. The van der Waals surface area contributed by atoms with Crippen LogP contribution >= 0.6 is 0 Å². The molecule has 0 radical (unpaired) electrons. The van der Waals surface area contributed by atoms with Crippen LogP contribution in [0.1, 0.15) is 5.56 Å². The van der Waals surface area contributed by atoms with Crippen molar-refractivity contribution in [3.05, 3.63) is 59.9 Å². The average Bonchev–Trinajstić information content (AvgIpc) is 2.94. The van der Waals surface area contributed by atoms with Crippen LogP contribution in [-0.4, -0.2) is 26.7 Å². The molecule has 2 N–H and O–H groups in total. The molecule has 0 aliphatic rings. The summed E-state index contributed by atoms with van der Waals surface area (Å²) in [5, 5.41) is 9.24. The van der Waals surface area contributed by atoms with Crippen molar-refractivity contribution < 1.29 is 13.9 Å². The number of halogens is 2. The van der Waals surface area contributed by atoms with E-state index in [9.17, 15) is 8.78 Å². The highest BCUT2D eigenvalue weighted by atomic mass is 19.1. The Morgan fingerprint density at radius 2 is 1.83 bits per heavy atom. The number of rotatable bonds is 3. The summed E-state index contributed by atoms with van der Waals surface area (Å²) in [5.74, 6) is -1.30. The zero-order valence-electron chi connectivity index (χ0n) is 12.6. The molecule has 0 bridgehead atoms. The Labute approximate surface area is 135 Å². The number of H-pyrrole nitrogens is 1. The van der Waals surface area contributed by atoms with E-state index in [-0.39, 0.29) is 12.0 Å². The van der Waals surface area contributed by atoms with E-state index in [0.29, 0.717) is 28.7 Å². The van der Waals surface area contributed by atoms with Crippen LogP contribution < -0.4 is 0 Å². The Bertz CT molecular complexity index is 1040. The van der Waals surface area contributed by atoms with Gasteiger partial charge < -0.3 is 10.1 Å². The molecule has 0 atom stereocenters. The Morgan fingerprint density at radius 3 is 2.58 bits per heavy atom. The number of nitrogens with zero attached hydrogens (tertiary/aromatic N) is 2. The van der Waals surface area contributed by atoms with E-state index in [1.807, 2.05) is 24.3 Å². The lowest BCUT2D eigenvalue weighted by Crippen LogP contribution is -1.91. The molecule has 4 nitrogen and oxygen atoms in total. The van der Waals surface area contributed by atoms with Crippen LogP contribution in [0.15, 0.2) is 42.7 Å². The molecule has 6 heteroatoms.